The lowest BCUT2D eigenvalue weighted by Gasteiger charge is -2.07. The molecule has 3 aromatic rings. The Hall–Kier alpha value is -2.79. The molecule has 1 amide bonds. The van der Waals surface area contributed by atoms with Crippen LogP contribution in [0, 0.1) is 0 Å². The molecule has 1 aromatic heterocycles. The predicted octanol–water partition coefficient (Wildman–Crippen LogP) is 3.85. The molecule has 0 spiro atoms. The molecule has 0 aliphatic heterocycles. The number of carbonyl (C=O) groups excluding carboxylic acids is 1. The first-order valence-electron chi connectivity index (χ1n) is 7.38. The van der Waals surface area contributed by atoms with Crippen molar-refractivity contribution in [3.8, 4) is 5.75 Å². The van der Waals surface area contributed by atoms with Gasteiger partial charge in [0.2, 0.25) is 0 Å². The highest BCUT2D eigenvalue weighted by Crippen LogP contribution is 2.23. The van der Waals surface area contributed by atoms with E-state index in [4.69, 9.17) is 16.3 Å². The second kappa shape index (κ2) is 7.19. The highest BCUT2D eigenvalue weighted by Gasteiger charge is 2.15. The third-order valence-corrected chi connectivity index (χ3v) is 3.76. The maximum atomic E-state index is 12.4. The number of methoxy groups -OCH3 is 1. The summed E-state index contributed by atoms with van der Waals surface area (Å²) in [5.41, 5.74) is 1.52. The summed E-state index contributed by atoms with van der Waals surface area (Å²) < 4.78 is 6.89. The molecule has 24 heavy (non-hydrogen) atoms. The van der Waals surface area contributed by atoms with Gasteiger partial charge in [0.15, 0.2) is 5.82 Å². The zero-order valence-electron chi connectivity index (χ0n) is 13.1. The van der Waals surface area contributed by atoms with Crippen LogP contribution in [0.15, 0.2) is 60.8 Å². The molecule has 0 radical (unpaired) electrons. The van der Waals surface area contributed by atoms with Crippen molar-refractivity contribution in [2.45, 2.75) is 6.54 Å². The second-order valence-electron chi connectivity index (χ2n) is 5.16. The third kappa shape index (κ3) is 3.58. The molecule has 0 saturated carbocycles. The van der Waals surface area contributed by atoms with Gasteiger partial charge < -0.3 is 10.1 Å². The second-order valence-corrected chi connectivity index (χ2v) is 5.57. The number of nitrogens with one attached hydrogen (secondary N) is 1. The number of hydrogen-bond donors (Lipinski definition) is 1. The fraction of sp³-hybridized carbons (Fsp3) is 0.111. The van der Waals surface area contributed by atoms with Crippen molar-refractivity contribution in [1.29, 1.82) is 0 Å². The minimum atomic E-state index is -0.320. The van der Waals surface area contributed by atoms with Crippen LogP contribution in [0.25, 0.3) is 0 Å². The number of amides is 1. The van der Waals surface area contributed by atoms with Crippen LogP contribution in [0.3, 0.4) is 0 Å². The predicted molar refractivity (Wildman–Crippen MR) is 93.7 cm³/mol. The number of halogens is 1. The Morgan fingerprint density at radius 1 is 1.17 bits per heavy atom. The van der Waals surface area contributed by atoms with E-state index in [-0.39, 0.29) is 5.91 Å². The first-order chi connectivity index (χ1) is 11.7. The van der Waals surface area contributed by atoms with Crippen molar-refractivity contribution >= 4 is 23.3 Å². The van der Waals surface area contributed by atoms with Gasteiger partial charge >= 0.3 is 0 Å². The van der Waals surface area contributed by atoms with E-state index in [2.05, 4.69) is 10.4 Å². The van der Waals surface area contributed by atoms with Crippen molar-refractivity contribution in [1.82, 2.24) is 9.78 Å². The van der Waals surface area contributed by atoms with Gasteiger partial charge in [-0.1, -0.05) is 54.1 Å². The van der Waals surface area contributed by atoms with E-state index in [0.717, 1.165) is 5.56 Å². The molecule has 5 nitrogen and oxygen atoms in total. The van der Waals surface area contributed by atoms with Gasteiger partial charge in [0, 0.05) is 6.20 Å². The fourth-order valence-electron chi connectivity index (χ4n) is 2.34. The average Bonchev–Trinajstić information content (AvgIpc) is 2.94. The van der Waals surface area contributed by atoms with E-state index in [1.54, 1.807) is 35.1 Å². The Morgan fingerprint density at radius 2 is 1.88 bits per heavy atom. The molecule has 1 heterocycles. The van der Waals surface area contributed by atoms with Crippen LogP contribution in [0.2, 0.25) is 5.02 Å². The molecule has 0 aliphatic rings. The Morgan fingerprint density at radius 3 is 2.62 bits per heavy atom. The zero-order valence-corrected chi connectivity index (χ0v) is 13.8. The summed E-state index contributed by atoms with van der Waals surface area (Å²) in [6, 6.07) is 16.9. The van der Waals surface area contributed by atoms with Gasteiger partial charge in [0.25, 0.3) is 5.91 Å². The molecule has 0 atom stereocenters. The topological polar surface area (TPSA) is 56.1 Å². The summed E-state index contributed by atoms with van der Waals surface area (Å²) in [6.07, 6.45) is 1.69. The summed E-state index contributed by atoms with van der Waals surface area (Å²) in [6.45, 7) is 0.574. The first-order valence-corrected chi connectivity index (χ1v) is 7.76. The quantitative estimate of drug-likeness (QED) is 0.767. The van der Waals surface area contributed by atoms with Crippen LogP contribution < -0.4 is 10.1 Å². The smallest absolute Gasteiger partial charge is 0.260 e. The summed E-state index contributed by atoms with van der Waals surface area (Å²) in [5, 5.41) is 7.45. The van der Waals surface area contributed by atoms with Gasteiger partial charge in [-0.05, 0) is 17.7 Å². The summed E-state index contributed by atoms with van der Waals surface area (Å²) in [5.74, 6) is 0.498. The first kappa shape index (κ1) is 16.1. The van der Waals surface area contributed by atoms with Crippen LogP contribution in [-0.2, 0) is 6.54 Å². The summed E-state index contributed by atoms with van der Waals surface area (Å²) >= 11 is 6.19. The molecule has 6 heteroatoms. The Bertz CT molecular complexity index is 846. The van der Waals surface area contributed by atoms with Gasteiger partial charge in [0.1, 0.15) is 10.8 Å². The Balaban J connectivity index is 1.77. The molecule has 0 unspecified atom stereocenters. The minimum Gasteiger partial charge on any atom is -0.496 e. The molecular weight excluding hydrogens is 326 g/mol. The monoisotopic (exact) mass is 341 g/mol. The van der Waals surface area contributed by atoms with Crippen molar-refractivity contribution in [2.75, 3.05) is 12.4 Å². The van der Waals surface area contributed by atoms with Crippen molar-refractivity contribution < 1.29 is 9.53 Å². The number of anilines is 1. The third-order valence-electron chi connectivity index (χ3n) is 3.49. The van der Waals surface area contributed by atoms with Crippen LogP contribution in [0.4, 0.5) is 5.82 Å². The standard InChI is InChI=1S/C18H16ClN3O2/c1-24-16-10-6-5-9-14(16)18(23)20-17-15(19)12-22(21-17)11-13-7-3-2-4-8-13/h2-10,12H,11H2,1H3,(H,20,21,23). The number of rotatable bonds is 5. The number of para-hydroxylation sites is 1. The number of benzene rings is 2. The van der Waals surface area contributed by atoms with Crippen LogP contribution >= 0.6 is 11.6 Å². The molecule has 3 rings (SSSR count). The summed E-state index contributed by atoms with van der Waals surface area (Å²) in [4.78, 5) is 12.4. The van der Waals surface area contributed by atoms with Gasteiger partial charge in [-0.3, -0.25) is 9.48 Å². The lowest BCUT2D eigenvalue weighted by Crippen LogP contribution is -2.14. The Labute approximate surface area is 144 Å². The molecular formula is C18H16ClN3O2. The van der Waals surface area contributed by atoms with Crippen LogP contribution in [0.1, 0.15) is 15.9 Å². The lowest BCUT2D eigenvalue weighted by atomic mass is 10.2. The minimum absolute atomic E-state index is 0.320. The number of carbonyl (C=O) groups is 1. The molecule has 0 aliphatic carbocycles. The van der Waals surface area contributed by atoms with Crippen LogP contribution in [0.5, 0.6) is 5.75 Å². The summed E-state index contributed by atoms with van der Waals surface area (Å²) in [7, 11) is 1.52. The number of aromatic nitrogens is 2. The maximum absolute atomic E-state index is 12.4. The van der Waals surface area contributed by atoms with Crippen LogP contribution in [-0.4, -0.2) is 22.8 Å². The number of ether oxygens (including phenoxy) is 1. The molecule has 0 fully saturated rings. The normalized spacial score (nSPS) is 10.4. The number of nitrogens with zero attached hydrogens (tertiary/aromatic N) is 2. The van der Waals surface area contributed by atoms with E-state index in [1.165, 1.54) is 7.11 Å². The lowest BCUT2D eigenvalue weighted by molar-refractivity contribution is 0.102. The molecule has 1 N–H and O–H groups in total. The van der Waals surface area contributed by atoms with E-state index in [1.807, 2.05) is 30.3 Å². The van der Waals surface area contributed by atoms with Crippen molar-refractivity contribution in [3.05, 3.63) is 76.9 Å². The highest BCUT2D eigenvalue weighted by atomic mass is 35.5. The van der Waals surface area contributed by atoms with E-state index < -0.39 is 0 Å². The molecule has 2 aromatic carbocycles. The highest BCUT2D eigenvalue weighted by molar-refractivity contribution is 6.33. The van der Waals surface area contributed by atoms with Crippen molar-refractivity contribution in [3.63, 3.8) is 0 Å². The molecule has 0 bridgehead atoms. The van der Waals surface area contributed by atoms with E-state index in [0.29, 0.717) is 28.7 Å². The SMILES string of the molecule is COc1ccccc1C(=O)Nc1nn(Cc2ccccc2)cc1Cl. The Kier molecular flexibility index (Phi) is 4.82. The fourth-order valence-corrected chi connectivity index (χ4v) is 2.54. The molecule has 122 valence electrons. The van der Waals surface area contributed by atoms with E-state index >= 15 is 0 Å². The largest absolute Gasteiger partial charge is 0.496 e. The van der Waals surface area contributed by atoms with Crippen molar-refractivity contribution in [2.24, 2.45) is 0 Å². The average molecular weight is 342 g/mol. The van der Waals surface area contributed by atoms with Gasteiger partial charge in [-0.15, -0.1) is 0 Å². The van der Waals surface area contributed by atoms with Gasteiger partial charge in [-0.25, -0.2) is 0 Å². The van der Waals surface area contributed by atoms with Gasteiger partial charge in [-0.2, -0.15) is 5.10 Å². The van der Waals surface area contributed by atoms with E-state index in [9.17, 15) is 4.79 Å². The zero-order chi connectivity index (χ0) is 16.9. The van der Waals surface area contributed by atoms with Gasteiger partial charge in [0.05, 0.1) is 19.2 Å². The number of hydrogen-bond acceptors (Lipinski definition) is 3. The molecule has 0 saturated heterocycles. The maximum Gasteiger partial charge on any atom is 0.260 e.